The molecule has 0 radical (unpaired) electrons. The van der Waals surface area contributed by atoms with Crippen LogP contribution in [0.3, 0.4) is 0 Å². The molecule has 1 amide bonds. The first kappa shape index (κ1) is 21.5. The van der Waals surface area contributed by atoms with E-state index in [-0.39, 0.29) is 17.5 Å². The topological polar surface area (TPSA) is 106 Å². The van der Waals surface area contributed by atoms with Crippen LogP contribution in [-0.4, -0.2) is 69.4 Å². The molecule has 2 aliphatic heterocycles. The number of carbonyl (C=O) groups excluding carboxylic acids is 1. The molecule has 2 aromatic carbocycles. The lowest BCUT2D eigenvalue weighted by Gasteiger charge is -2.38. The highest BCUT2D eigenvalue weighted by Gasteiger charge is 2.33. The summed E-state index contributed by atoms with van der Waals surface area (Å²) in [6.07, 6.45) is 0.873. The third-order valence-corrected chi connectivity index (χ3v) is 6.55. The van der Waals surface area contributed by atoms with Crippen molar-refractivity contribution in [2.24, 2.45) is 0 Å². The zero-order chi connectivity index (χ0) is 23.9. The normalized spacial score (nSPS) is 17.6. The van der Waals surface area contributed by atoms with E-state index in [2.05, 4.69) is 15.1 Å². The Bertz CT molecular complexity index is 1440. The smallest absolute Gasteiger partial charge is 0.295 e. The molecule has 10 nitrogen and oxygen atoms in total. The van der Waals surface area contributed by atoms with Gasteiger partial charge in [0.25, 0.3) is 11.5 Å². The number of hydrogen-bond donors (Lipinski definition) is 1. The van der Waals surface area contributed by atoms with Crippen LogP contribution in [0.2, 0.25) is 5.02 Å². The number of aromatic amines is 1. The first-order chi connectivity index (χ1) is 17.1. The Kier molecular flexibility index (Phi) is 5.29. The number of nitrogens with one attached hydrogen (secondary N) is 1. The standard InChI is InChI=1S/C24H21ClN6O4/c25-21-17(13-26-31(23(21)33)24-27-15-5-1-2-6-16(15)28-24)29-9-11-30(12-10-29)22(32)20-14-34-18-7-3-4-8-19(18)35-20/h1-8,13,20H,9-12,14H2,(H,27,28). The fourth-order valence-corrected chi connectivity index (χ4v) is 4.60. The van der Waals surface area contributed by atoms with Gasteiger partial charge in [0.2, 0.25) is 12.1 Å². The second-order valence-electron chi connectivity index (χ2n) is 8.31. The highest BCUT2D eigenvalue weighted by molar-refractivity contribution is 6.33. The van der Waals surface area contributed by atoms with Crippen molar-refractivity contribution in [2.75, 3.05) is 37.7 Å². The zero-order valence-electron chi connectivity index (χ0n) is 18.6. The summed E-state index contributed by atoms with van der Waals surface area (Å²) in [6, 6.07) is 14.8. The van der Waals surface area contributed by atoms with Crippen LogP contribution in [-0.2, 0) is 4.79 Å². The van der Waals surface area contributed by atoms with Crippen molar-refractivity contribution in [3.63, 3.8) is 0 Å². The first-order valence-electron chi connectivity index (χ1n) is 11.2. The SMILES string of the molecule is O=C(C1COc2ccccc2O1)N1CCN(c2cnn(-c3nc4ccccc4[nH]3)c(=O)c2Cl)CC1. The molecule has 35 heavy (non-hydrogen) atoms. The fourth-order valence-electron chi connectivity index (χ4n) is 4.35. The third kappa shape index (κ3) is 3.85. The van der Waals surface area contributed by atoms with Gasteiger partial charge in [-0.15, -0.1) is 0 Å². The summed E-state index contributed by atoms with van der Waals surface area (Å²) in [7, 11) is 0. The molecular weight excluding hydrogens is 472 g/mol. The Morgan fingerprint density at radius 1 is 1.03 bits per heavy atom. The van der Waals surface area contributed by atoms with Crippen LogP contribution >= 0.6 is 11.6 Å². The van der Waals surface area contributed by atoms with Crippen molar-refractivity contribution < 1.29 is 14.3 Å². The maximum Gasteiger partial charge on any atom is 0.295 e. The van der Waals surface area contributed by atoms with Gasteiger partial charge in [-0.2, -0.15) is 9.78 Å². The van der Waals surface area contributed by atoms with Gasteiger partial charge in [-0.3, -0.25) is 9.59 Å². The zero-order valence-corrected chi connectivity index (χ0v) is 19.3. The third-order valence-electron chi connectivity index (χ3n) is 6.19. The molecule has 2 aliphatic rings. The van der Waals surface area contributed by atoms with Crippen LogP contribution in [0.4, 0.5) is 5.69 Å². The second kappa shape index (κ2) is 8.62. The number of ether oxygens (including phenoxy) is 2. The van der Waals surface area contributed by atoms with Crippen molar-refractivity contribution in [1.29, 1.82) is 0 Å². The monoisotopic (exact) mass is 492 g/mol. The van der Waals surface area contributed by atoms with E-state index in [4.69, 9.17) is 21.1 Å². The lowest BCUT2D eigenvalue weighted by molar-refractivity contribution is -0.141. The number of aromatic nitrogens is 4. The van der Waals surface area contributed by atoms with Crippen molar-refractivity contribution in [2.45, 2.75) is 6.10 Å². The first-order valence-corrected chi connectivity index (χ1v) is 11.6. The lowest BCUT2D eigenvalue weighted by Crippen LogP contribution is -2.54. The largest absolute Gasteiger partial charge is 0.485 e. The average Bonchev–Trinajstić information content (AvgIpc) is 3.34. The van der Waals surface area contributed by atoms with E-state index in [9.17, 15) is 9.59 Å². The molecule has 0 saturated carbocycles. The van der Waals surface area contributed by atoms with Gasteiger partial charge in [0.15, 0.2) is 11.5 Å². The number of carbonyl (C=O) groups is 1. The average molecular weight is 493 g/mol. The molecule has 11 heteroatoms. The number of halogens is 1. The highest BCUT2D eigenvalue weighted by Crippen LogP contribution is 2.31. The van der Waals surface area contributed by atoms with Gasteiger partial charge in [0, 0.05) is 26.2 Å². The summed E-state index contributed by atoms with van der Waals surface area (Å²) >= 11 is 6.48. The van der Waals surface area contributed by atoms with E-state index in [1.165, 1.54) is 0 Å². The molecule has 178 valence electrons. The quantitative estimate of drug-likeness (QED) is 0.467. The van der Waals surface area contributed by atoms with E-state index in [1.807, 2.05) is 47.4 Å². The van der Waals surface area contributed by atoms with Crippen molar-refractivity contribution in [3.05, 3.63) is 70.1 Å². The van der Waals surface area contributed by atoms with E-state index in [0.29, 0.717) is 49.3 Å². The fraction of sp³-hybridized carbons (Fsp3) is 0.250. The van der Waals surface area contributed by atoms with Crippen LogP contribution in [0.1, 0.15) is 0 Å². The van der Waals surface area contributed by atoms with Crippen LogP contribution in [0.25, 0.3) is 17.0 Å². The van der Waals surface area contributed by atoms with Gasteiger partial charge in [0.1, 0.15) is 11.6 Å². The molecule has 6 rings (SSSR count). The van der Waals surface area contributed by atoms with E-state index in [1.54, 1.807) is 17.2 Å². The second-order valence-corrected chi connectivity index (χ2v) is 8.69. The Hall–Kier alpha value is -4.05. The van der Waals surface area contributed by atoms with Crippen LogP contribution in [0, 0.1) is 0 Å². The number of imidazole rings is 1. The molecule has 1 fully saturated rings. The molecule has 0 spiro atoms. The number of amides is 1. The number of rotatable bonds is 3. The summed E-state index contributed by atoms with van der Waals surface area (Å²) in [4.78, 5) is 37.2. The summed E-state index contributed by atoms with van der Waals surface area (Å²) in [6.45, 7) is 2.11. The summed E-state index contributed by atoms with van der Waals surface area (Å²) < 4.78 is 12.7. The molecule has 1 unspecified atom stereocenters. The number of fused-ring (bicyclic) bond motifs is 2. The van der Waals surface area contributed by atoms with Crippen molar-refractivity contribution in [3.8, 4) is 17.4 Å². The van der Waals surface area contributed by atoms with Gasteiger partial charge >= 0.3 is 0 Å². The van der Waals surface area contributed by atoms with Crippen LogP contribution in [0.15, 0.2) is 59.5 Å². The minimum Gasteiger partial charge on any atom is -0.485 e. The molecule has 2 aromatic heterocycles. The summed E-state index contributed by atoms with van der Waals surface area (Å²) in [5.41, 5.74) is 1.59. The number of para-hydroxylation sites is 4. The molecular formula is C24H21ClN6O4. The summed E-state index contributed by atoms with van der Waals surface area (Å²) in [5.74, 6) is 1.39. The lowest BCUT2D eigenvalue weighted by atomic mass is 10.2. The summed E-state index contributed by atoms with van der Waals surface area (Å²) in [5, 5.41) is 4.35. The Balaban J connectivity index is 1.15. The van der Waals surface area contributed by atoms with Crippen LogP contribution in [0.5, 0.6) is 11.5 Å². The van der Waals surface area contributed by atoms with Crippen LogP contribution < -0.4 is 19.9 Å². The Labute approximate surface area is 204 Å². The molecule has 4 heterocycles. The highest BCUT2D eigenvalue weighted by atomic mass is 35.5. The molecule has 1 N–H and O–H groups in total. The number of anilines is 1. The van der Waals surface area contributed by atoms with Gasteiger partial charge in [-0.1, -0.05) is 35.9 Å². The predicted molar refractivity (Wildman–Crippen MR) is 130 cm³/mol. The number of hydrogen-bond acceptors (Lipinski definition) is 7. The van der Waals surface area contributed by atoms with Crippen molar-refractivity contribution in [1.82, 2.24) is 24.6 Å². The van der Waals surface area contributed by atoms with E-state index < -0.39 is 11.7 Å². The van der Waals surface area contributed by atoms with Gasteiger partial charge in [-0.05, 0) is 24.3 Å². The minimum atomic E-state index is -0.686. The number of H-pyrrole nitrogens is 1. The van der Waals surface area contributed by atoms with Gasteiger partial charge < -0.3 is 24.3 Å². The van der Waals surface area contributed by atoms with E-state index in [0.717, 1.165) is 15.7 Å². The minimum absolute atomic E-state index is 0.0563. The van der Waals surface area contributed by atoms with Gasteiger partial charge in [-0.25, -0.2) is 4.98 Å². The number of nitrogens with zero attached hydrogens (tertiary/aromatic N) is 5. The molecule has 1 atom stereocenters. The maximum atomic E-state index is 13.0. The Morgan fingerprint density at radius 3 is 2.57 bits per heavy atom. The molecule has 1 saturated heterocycles. The maximum absolute atomic E-state index is 13.0. The predicted octanol–water partition coefficient (Wildman–Crippen LogP) is 2.25. The molecule has 0 aliphatic carbocycles. The molecule has 0 bridgehead atoms. The van der Waals surface area contributed by atoms with E-state index >= 15 is 0 Å². The number of benzene rings is 2. The molecule has 4 aromatic rings. The number of piperazine rings is 1. The van der Waals surface area contributed by atoms with Gasteiger partial charge in [0.05, 0.1) is 22.9 Å². The van der Waals surface area contributed by atoms with Crippen molar-refractivity contribution >= 4 is 34.2 Å². The Morgan fingerprint density at radius 2 is 1.77 bits per heavy atom.